The molecule has 5 nitrogen and oxygen atoms in total. The fourth-order valence-corrected chi connectivity index (χ4v) is 2.35. The first-order valence-corrected chi connectivity index (χ1v) is 6.68. The molecule has 1 aromatic carbocycles. The van der Waals surface area contributed by atoms with Gasteiger partial charge in [0.2, 0.25) is 6.17 Å². The summed E-state index contributed by atoms with van der Waals surface area (Å²) in [7, 11) is 0. The van der Waals surface area contributed by atoms with E-state index in [1.807, 2.05) is 6.92 Å². The van der Waals surface area contributed by atoms with Crippen LogP contribution in [0, 0.1) is 11.6 Å². The highest BCUT2D eigenvalue weighted by Gasteiger charge is 2.37. The van der Waals surface area contributed by atoms with Crippen molar-refractivity contribution >= 4 is 17.4 Å². The van der Waals surface area contributed by atoms with E-state index in [4.69, 9.17) is 0 Å². The van der Waals surface area contributed by atoms with Gasteiger partial charge in [-0.05, 0) is 18.6 Å². The lowest BCUT2D eigenvalue weighted by Crippen LogP contribution is -2.52. The first-order chi connectivity index (χ1) is 10.1. The van der Waals surface area contributed by atoms with Gasteiger partial charge in [-0.2, -0.15) is 5.10 Å². The Balaban J connectivity index is 1.87. The normalized spacial score (nSPS) is 20.4. The fraction of sp³-hybridized carbons (Fsp3) is 0.286. The topological polar surface area (TPSA) is 47.9 Å². The summed E-state index contributed by atoms with van der Waals surface area (Å²) in [6.07, 6.45) is 4.28. The van der Waals surface area contributed by atoms with Crippen LogP contribution in [-0.4, -0.2) is 22.8 Å². The van der Waals surface area contributed by atoms with Gasteiger partial charge in [0.15, 0.2) is 11.6 Å². The van der Waals surface area contributed by atoms with E-state index in [1.54, 1.807) is 11.1 Å². The molecule has 1 aromatic rings. The molecule has 2 aliphatic heterocycles. The summed E-state index contributed by atoms with van der Waals surface area (Å²) >= 11 is 0. The molecule has 21 heavy (non-hydrogen) atoms. The van der Waals surface area contributed by atoms with Crippen molar-refractivity contribution in [2.75, 3.05) is 4.90 Å². The van der Waals surface area contributed by atoms with Gasteiger partial charge in [-0.3, -0.25) is 15.1 Å². The molecule has 1 unspecified atom stereocenters. The number of nitrogens with one attached hydrogen (secondary N) is 1. The van der Waals surface area contributed by atoms with Crippen LogP contribution >= 0.6 is 0 Å². The molecule has 0 aromatic heterocycles. The molecule has 1 N–H and O–H groups in total. The maximum atomic E-state index is 13.3. The average Bonchev–Trinajstić information content (AvgIpc) is 2.87. The summed E-state index contributed by atoms with van der Waals surface area (Å²) in [5.74, 6) is -1.43. The monoisotopic (exact) mass is 292 g/mol. The third-order valence-corrected chi connectivity index (χ3v) is 3.39. The van der Waals surface area contributed by atoms with E-state index in [1.165, 1.54) is 17.2 Å². The molecule has 0 saturated carbocycles. The van der Waals surface area contributed by atoms with Gasteiger partial charge in [0.05, 0.1) is 5.69 Å². The molecule has 0 bridgehead atoms. The van der Waals surface area contributed by atoms with E-state index < -0.39 is 17.8 Å². The zero-order chi connectivity index (χ0) is 15.0. The number of fused-ring (bicyclic) bond motifs is 1. The predicted molar refractivity (Wildman–Crippen MR) is 74.1 cm³/mol. The van der Waals surface area contributed by atoms with Gasteiger partial charge in [-0.25, -0.2) is 8.78 Å². The van der Waals surface area contributed by atoms with Crippen molar-refractivity contribution in [3.8, 4) is 0 Å². The van der Waals surface area contributed by atoms with Gasteiger partial charge in [0.1, 0.15) is 5.84 Å². The minimum Gasteiger partial charge on any atom is -0.303 e. The Hall–Kier alpha value is -2.44. The lowest BCUT2D eigenvalue weighted by molar-refractivity contribution is -0.122. The van der Waals surface area contributed by atoms with Crippen molar-refractivity contribution in [1.82, 2.24) is 10.3 Å². The number of carbonyl (C=O) groups excluding carboxylic acids is 1. The van der Waals surface area contributed by atoms with Gasteiger partial charge in [-0.1, -0.05) is 6.92 Å². The van der Waals surface area contributed by atoms with Crippen LogP contribution in [0.2, 0.25) is 0 Å². The van der Waals surface area contributed by atoms with Crippen molar-refractivity contribution in [3.05, 3.63) is 42.2 Å². The zero-order valence-electron chi connectivity index (χ0n) is 11.4. The number of hydrazone groups is 1. The van der Waals surface area contributed by atoms with E-state index in [2.05, 4.69) is 10.5 Å². The van der Waals surface area contributed by atoms with Crippen LogP contribution in [0.5, 0.6) is 0 Å². The van der Waals surface area contributed by atoms with Crippen LogP contribution in [0.4, 0.5) is 14.5 Å². The van der Waals surface area contributed by atoms with Gasteiger partial charge < -0.3 is 4.90 Å². The molecule has 1 atom stereocenters. The van der Waals surface area contributed by atoms with Crippen LogP contribution in [0.3, 0.4) is 0 Å². The number of anilines is 1. The van der Waals surface area contributed by atoms with Crippen LogP contribution < -0.4 is 10.3 Å². The minimum absolute atomic E-state index is 0.278. The zero-order valence-corrected chi connectivity index (χ0v) is 11.4. The van der Waals surface area contributed by atoms with Gasteiger partial charge in [-0.15, -0.1) is 0 Å². The van der Waals surface area contributed by atoms with Gasteiger partial charge in [0, 0.05) is 24.9 Å². The highest BCUT2D eigenvalue weighted by Crippen LogP contribution is 2.25. The van der Waals surface area contributed by atoms with Crippen molar-refractivity contribution in [1.29, 1.82) is 0 Å². The van der Waals surface area contributed by atoms with E-state index >= 15 is 0 Å². The maximum absolute atomic E-state index is 13.3. The summed E-state index contributed by atoms with van der Waals surface area (Å²) in [5.41, 5.74) is 3.05. The quantitative estimate of drug-likeness (QED) is 0.928. The van der Waals surface area contributed by atoms with Gasteiger partial charge in [0.25, 0.3) is 5.91 Å². The number of amides is 1. The number of hydrogen-bond donors (Lipinski definition) is 1. The number of hydrogen-bond acceptors (Lipinski definition) is 4. The molecular weight excluding hydrogens is 278 g/mol. The summed E-state index contributed by atoms with van der Waals surface area (Å²) in [6, 6.07) is 3.36. The minimum atomic E-state index is -0.988. The molecule has 3 rings (SSSR count). The SMILES string of the molecule is CCCC1=NNC2C(=O)N(c3ccc(F)c(F)c3)C=CN12. The van der Waals surface area contributed by atoms with Crippen molar-refractivity contribution in [2.24, 2.45) is 5.10 Å². The van der Waals surface area contributed by atoms with E-state index in [0.717, 1.165) is 30.8 Å². The molecule has 0 fully saturated rings. The van der Waals surface area contributed by atoms with Crippen molar-refractivity contribution < 1.29 is 13.6 Å². The van der Waals surface area contributed by atoms with Crippen molar-refractivity contribution in [2.45, 2.75) is 25.9 Å². The summed E-state index contributed by atoms with van der Waals surface area (Å²) in [4.78, 5) is 15.5. The standard InChI is InChI=1S/C14H14F2N4O/c1-2-3-12-17-18-13-14(21)19(6-7-20(12)13)9-4-5-10(15)11(16)8-9/h4-8,13,18H,2-3H2,1H3. The Morgan fingerprint density at radius 3 is 2.81 bits per heavy atom. The van der Waals surface area contributed by atoms with E-state index in [9.17, 15) is 13.6 Å². The maximum Gasteiger partial charge on any atom is 0.276 e. The third kappa shape index (κ3) is 2.24. The lowest BCUT2D eigenvalue weighted by atomic mass is 10.2. The number of carbonyl (C=O) groups is 1. The smallest absolute Gasteiger partial charge is 0.276 e. The first-order valence-electron chi connectivity index (χ1n) is 6.68. The highest BCUT2D eigenvalue weighted by atomic mass is 19.2. The number of benzene rings is 1. The second kappa shape index (κ2) is 5.16. The first kappa shape index (κ1) is 13.5. The molecule has 2 aliphatic rings. The van der Waals surface area contributed by atoms with Crippen LogP contribution in [0.1, 0.15) is 19.8 Å². The molecule has 2 heterocycles. The second-order valence-electron chi connectivity index (χ2n) is 4.82. The van der Waals surface area contributed by atoms with Gasteiger partial charge >= 0.3 is 0 Å². The molecule has 0 saturated heterocycles. The molecule has 0 radical (unpaired) electrons. The number of rotatable bonds is 3. The van der Waals surface area contributed by atoms with Crippen molar-refractivity contribution in [3.63, 3.8) is 0 Å². The highest BCUT2D eigenvalue weighted by molar-refractivity contribution is 6.03. The third-order valence-electron chi connectivity index (χ3n) is 3.39. The Morgan fingerprint density at radius 1 is 1.29 bits per heavy atom. The molecule has 7 heteroatoms. The second-order valence-corrected chi connectivity index (χ2v) is 4.82. The Labute approximate surface area is 120 Å². The number of amidine groups is 1. The Morgan fingerprint density at radius 2 is 2.10 bits per heavy atom. The van der Waals surface area contributed by atoms with Crippen LogP contribution in [0.15, 0.2) is 35.7 Å². The number of halogens is 2. The molecule has 0 aliphatic carbocycles. The fourth-order valence-electron chi connectivity index (χ4n) is 2.35. The van der Waals surface area contributed by atoms with Crippen LogP contribution in [0.25, 0.3) is 0 Å². The van der Waals surface area contributed by atoms with E-state index in [0.29, 0.717) is 0 Å². The molecule has 110 valence electrons. The van der Waals surface area contributed by atoms with Crippen LogP contribution in [-0.2, 0) is 4.79 Å². The molecular formula is C14H14F2N4O. The molecule has 1 amide bonds. The van der Waals surface area contributed by atoms with E-state index in [-0.39, 0.29) is 11.6 Å². The Kier molecular flexibility index (Phi) is 3.32. The summed E-state index contributed by atoms with van der Waals surface area (Å²) in [6.45, 7) is 2.03. The average molecular weight is 292 g/mol. The largest absolute Gasteiger partial charge is 0.303 e. The summed E-state index contributed by atoms with van der Waals surface area (Å²) < 4.78 is 26.3. The lowest BCUT2D eigenvalue weighted by Gasteiger charge is -2.32. The molecule has 0 spiro atoms. The summed E-state index contributed by atoms with van der Waals surface area (Å²) in [5, 5.41) is 4.14. The predicted octanol–water partition coefficient (Wildman–Crippen LogP) is 2.13. The number of nitrogens with zero attached hydrogens (tertiary/aromatic N) is 3. The Bertz CT molecular complexity index is 644.